The molecule has 134 valence electrons. The van der Waals surface area contributed by atoms with Crippen LogP contribution in [0.25, 0.3) is 10.8 Å². The highest BCUT2D eigenvalue weighted by Gasteiger charge is 2.52. The van der Waals surface area contributed by atoms with Crippen molar-refractivity contribution >= 4 is 22.7 Å². The van der Waals surface area contributed by atoms with Gasteiger partial charge in [0, 0.05) is 6.42 Å². The number of carbonyl (C=O) groups excluding carboxylic acids is 2. The average Bonchev–Trinajstić information content (AvgIpc) is 2.92. The van der Waals surface area contributed by atoms with E-state index in [1.807, 2.05) is 54.6 Å². The topological polar surface area (TPSA) is 49.4 Å². The number of imide groups is 1. The number of amides is 3. The quantitative estimate of drug-likeness (QED) is 0.710. The molecule has 0 aromatic heterocycles. The molecule has 0 saturated carbocycles. The smallest absolute Gasteiger partial charge is 0.323 e. The minimum atomic E-state index is -0.796. The van der Waals surface area contributed by atoms with E-state index in [2.05, 4.69) is 17.4 Å². The lowest BCUT2D eigenvalue weighted by molar-refractivity contribution is -0.132. The van der Waals surface area contributed by atoms with Gasteiger partial charge in [0.1, 0.15) is 5.54 Å². The largest absolute Gasteiger partial charge is 0.325 e. The van der Waals surface area contributed by atoms with Crippen LogP contribution < -0.4 is 5.32 Å². The fourth-order valence-electron chi connectivity index (χ4n) is 4.45. The van der Waals surface area contributed by atoms with E-state index in [1.165, 1.54) is 10.5 Å². The molecular formula is C23H20N2O2. The summed E-state index contributed by atoms with van der Waals surface area (Å²) in [6.07, 6.45) is 2.03. The number of fused-ring (bicyclic) bond motifs is 2. The third kappa shape index (κ3) is 2.52. The van der Waals surface area contributed by atoms with Gasteiger partial charge < -0.3 is 5.32 Å². The van der Waals surface area contributed by atoms with E-state index in [9.17, 15) is 9.59 Å². The van der Waals surface area contributed by atoms with E-state index < -0.39 is 5.54 Å². The van der Waals surface area contributed by atoms with Gasteiger partial charge >= 0.3 is 6.03 Å². The zero-order chi connectivity index (χ0) is 18.4. The molecular weight excluding hydrogens is 336 g/mol. The summed E-state index contributed by atoms with van der Waals surface area (Å²) in [5, 5.41) is 5.21. The second-order valence-electron chi connectivity index (χ2n) is 7.49. The van der Waals surface area contributed by atoms with Gasteiger partial charge in [0.25, 0.3) is 5.91 Å². The molecule has 3 aromatic rings. The molecule has 1 atom stereocenters. The fourth-order valence-corrected chi connectivity index (χ4v) is 4.45. The number of hydrogen-bond donors (Lipinski definition) is 1. The molecule has 0 unspecified atom stereocenters. The zero-order valence-corrected chi connectivity index (χ0v) is 14.9. The van der Waals surface area contributed by atoms with Crippen LogP contribution in [0, 0.1) is 0 Å². The molecule has 1 aliphatic carbocycles. The van der Waals surface area contributed by atoms with Gasteiger partial charge in [-0.1, -0.05) is 66.7 Å². The van der Waals surface area contributed by atoms with Gasteiger partial charge in [0.2, 0.25) is 0 Å². The van der Waals surface area contributed by atoms with Gasteiger partial charge in [0.05, 0.1) is 6.54 Å². The zero-order valence-electron chi connectivity index (χ0n) is 14.9. The number of aryl methyl sites for hydroxylation is 1. The van der Waals surface area contributed by atoms with Gasteiger partial charge in [0.15, 0.2) is 0 Å². The Morgan fingerprint density at radius 2 is 1.63 bits per heavy atom. The first-order valence-corrected chi connectivity index (χ1v) is 9.34. The molecule has 5 rings (SSSR count). The van der Waals surface area contributed by atoms with Crippen LogP contribution in [0.2, 0.25) is 0 Å². The first kappa shape index (κ1) is 16.1. The third-order valence-corrected chi connectivity index (χ3v) is 5.89. The summed E-state index contributed by atoms with van der Waals surface area (Å²) in [6.45, 7) is 0.301. The van der Waals surface area contributed by atoms with Crippen molar-refractivity contribution in [1.29, 1.82) is 0 Å². The van der Waals surface area contributed by atoms with E-state index in [-0.39, 0.29) is 11.9 Å². The highest BCUT2D eigenvalue weighted by Crippen LogP contribution is 2.34. The van der Waals surface area contributed by atoms with E-state index in [1.54, 1.807) is 0 Å². The number of carbonyl (C=O) groups is 2. The highest BCUT2D eigenvalue weighted by atomic mass is 16.2. The molecule has 1 N–H and O–H groups in total. The van der Waals surface area contributed by atoms with Crippen molar-refractivity contribution in [2.75, 3.05) is 0 Å². The first-order valence-electron chi connectivity index (χ1n) is 9.34. The second-order valence-corrected chi connectivity index (χ2v) is 7.49. The van der Waals surface area contributed by atoms with Gasteiger partial charge in [-0.3, -0.25) is 9.69 Å². The molecule has 27 heavy (non-hydrogen) atoms. The Hall–Kier alpha value is -3.14. The monoisotopic (exact) mass is 356 g/mol. The van der Waals surface area contributed by atoms with Crippen LogP contribution >= 0.6 is 0 Å². The first-order chi connectivity index (χ1) is 13.2. The van der Waals surface area contributed by atoms with Crippen molar-refractivity contribution in [1.82, 2.24) is 10.2 Å². The van der Waals surface area contributed by atoms with Crippen molar-refractivity contribution in [2.24, 2.45) is 0 Å². The Labute approximate surface area is 157 Å². The molecule has 3 amide bonds. The minimum absolute atomic E-state index is 0.102. The Balaban J connectivity index is 1.47. The number of benzene rings is 3. The van der Waals surface area contributed by atoms with Crippen molar-refractivity contribution in [2.45, 2.75) is 31.3 Å². The normalized spacial score (nSPS) is 21.6. The Morgan fingerprint density at radius 1 is 0.889 bits per heavy atom. The molecule has 1 saturated heterocycles. The van der Waals surface area contributed by atoms with E-state index in [0.29, 0.717) is 19.4 Å². The summed E-state index contributed by atoms with van der Waals surface area (Å²) < 4.78 is 0. The molecule has 1 spiro atoms. The standard InChI is InChI=1S/C23H20N2O2/c26-21-23(13-12-16-6-1-2-8-18(16)14-23)24-22(27)25(21)15-19-10-5-9-17-7-3-4-11-20(17)19/h1-11H,12-15H2,(H,24,27)/t23-/m1/s1. The number of nitrogens with zero attached hydrogens (tertiary/aromatic N) is 1. The Morgan fingerprint density at radius 3 is 2.52 bits per heavy atom. The van der Waals surface area contributed by atoms with Crippen molar-refractivity contribution < 1.29 is 9.59 Å². The Bertz CT molecular complexity index is 1070. The van der Waals surface area contributed by atoms with Crippen LogP contribution in [0.5, 0.6) is 0 Å². The van der Waals surface area contributed by atoms with Crippen LogP contribution in [0.15, 0.2) is 66.7 Å². The molecule has 1 heterocycles. The number of hydrogen-bond acceptors (Lipinski definition) is 2. The lowest BCUT2D eigenvalue weighted by atomic mass is 9.78. The number of nitrogens with one attached hydrogen (secondary N) is 1. The maximum atomic E-state index is 13.3. The minimum Gasteiger partial charge on any atom is -0.323 e. The van der Waals surface area contributed by atoms with E-state index in [0.717, 1.165) is 28.3 Å². The molecule has 3 aromatic carbocycles. The molecule has 0 bridgehead atoms. The molecule has 4 heteroatoms. The fraction of sp³-hybridized carbons (Fsp3) is 0.217. The summed E-state index contributed by atoms with van der Waals surface area (Å²) in [5.74, 6) is -0.102. The van der Waals surface area contributed by atoms with E-state index >= 15 is 0 Å². The van der Waals surface area contributed by atoms with Gasteiger partial charge in [-0.15, -0.1) is 0 Å². The van der Waals surface area contributed by atoms with Gasteiger partial charge in [-0.2, -0.15) is 0 Å². The highest BCUT2D eigenvalue weighted by molar-refractivity contribution is 6.07. The summed E-state index contributed by atoms with van der Waals surface area (Å²) in [7, 11) is 0. The van der Waals surface area contributed by atoms with Crippen molar-refractivity contribution in [3.05, 3.63) is 83.4 Å². The lowest BCUT2D eigenvalue weighted by Gasteiger charge is -2.32. The molecule has 0 radical (unpaired) electrons. The molecule has 4 nitrogen and oxygen atoms in total. The van der Waals surface area contributed by atoms with Crippen molar-refractivity contribution in [3.63, 3.8) is 0 Å². The summed E-state index contributed by atoms with van der Waals surface area (Å²) in [4.78, 5) is 27.4. The van der Waals surface area contributed by atoms with Crippen molar-refractivity contribution in [3.8, 4) is 0 Å². The van der Waals surface area contributed by atoms with Crippen LogP contribution in [-0.4, -0.2) is 22.4 Å². The molecule has 2 aliphatic rings. The van der Waals surface area contributed by atoms with E-state index in [4.69, 9.17) is 0 Å². The third-order valence-electron chi connectivity index (χ3n) is 5.89. The predicted molar refractivity (Wildman–Crippen MR) is 104 cm³/mol. The van der Waals surface area contributed by atoms with Crippen LogP contribution in [0.3, 0.4) is 0 Å². The SMILES string of the molecule is O=C1N[C@@]2(CCc3ccccc3C2)C(=O)N1Cc1cccc2ccccc12. The number of rotatable bonds is 2. The lowest BCUT2D eigenvalue weighted by Crippen LogP contribution is -2.51. The van der Waals surface area contributed by atoms with Crippen LogP contribution in [0.4, 0.5) is 4.79 Å². The summed E-state index contributed by atoms with van der Waals surface area (Å²) in [6, 6.07) is 22.0. The van der Waals surface area contributed by atoms with Crippen LogP contribution in [0.1, 0.15) is 23.1 Å². The Kier molecular flexibility index (Phi) is 3.54. The maximum absolute atomic E-state index is 13.3. The van der Waals surface area contributed by atoms with Gasteiger partial charge in [-0.05, 0) is 40.3 Å². The summed E-state index contributed by atoms with van der Waals surface area (Å²) in [5.41, 5.74) is 2.63. The summed E-state index contributed by atoms with van der Waals surface area (Å²) >= 11 is 0. The predicted octanol–water partition coefficient (Wildman–Crippen LogP) is 3.82. The molecule has 1 fully saturated rings. The number of urea groups is 1. The second kappa shape index (κ2) is 5.95. The van der Waals surface area contributed by atoms with Crippen LogP contribution in [-0.2, 0) is 24.2 Å². The molecule has 1 aliphatic heterocycles. The maximum Gasteiger partial charge on any atom is 0.325 e. The average molecular weight is 356 g/mol. The van der Waals surface area contributed by atoms with Gasteiger partial charge in [-0.25, -0.2) is 4.79 Å².